The summed E-state index contributed by atoms with van der Waals surface area (Å²) in [6.45, 7) is 1.60. The number of aromatic nitrogens is 2. The number of benzene rings is 2. The summed E-state index contributed by atoms with van der Waals surface area (Å²) in [5.74, 6) is 0.831. The zero-order valence-electron chi connectivity index (χ0n) is 16.0. The predicted molar refractivity (Wildman–Crippen MR) is 125 cm³/mol. The van der Waals surface area contributed by atoms with Crippen molar-refractivity contribution in [2.24, 2.45) is 4.99 Å². The number of para-hydroxylation sites is 1. The predicted octanol–water partition coefficient (Wildman–Crippen LogP) is 3.89. The highest BCUT2D eigenvalue weighted by Gasteiger charge is 2.43. The van der Waals surface area contributed by atoms with Crippen molar-refractivity contribution in [3.63, 3.8) is 0 Å². The Hall–Kier alpha value is -2.35. The molecule has 6 heteroatoms. The smallest absolute Gasteiger partial charge is 0.191 e. The van der Waals surface area contributed by atoms with Gasteiger partial charge in [-0.15, -0.1) is 24.0 Å². The lowest BCUT2D eigenvalue weighted by Crippen LogP contribution is -2.41. The summed E-state index contributed by atoms with van der Waals surface area (Å²) in [5, 5.41) is 6.96. The van der Waals surface area contributed by atoms with Gasteiger partial charge >= 0.3 is 0 Å². The van der Waals surface area contributed by atoms with E-state index < -0.39 is 0 Å². The minimum atomic E-state index is 0. The molecule has 0 bridgehead atoms. The fourth-order valence-corrected chi connectivity index (χ4v) is 3.48. The van der Waals surface area contributed by atoms with Gasteiger partial charge in [0.25, 0.3) is 0 Å². The number of halogens is 1. The molecule has 5 nitrogen and oxygen atoms in total. The Labute approximate surface area is 183 Å². The van der Waals surface area contributed by atoms with Gasteiger partial charge < -0.3 is 15.2 Å². The summed E-state index contributed by atoms with van der Waals surface area (Å²) in [6, 6.07) is 19.1. The number of imidazole rings is 1. The van der Waals surface area contributed by atoms with E-state index in [0.29, 0.717) is 6.54 Å². The monoisotopic (exact) mass is 487 g/mol. The Morgan fingerprint density at radius 2 is 1.82 bits per heavy atom. The van der Waals surface area contributed by atoms with Crippen molar-refractivity contribution in [3.8, 4) is 5.69 Å². The molecule has 1 aliphatic carbocycles. The molecular weight excluding hydrogens is 461 g/mol. The summed E-state index contributed by atoms with van der Waals surface area (Å²) in [6.07, 6.45) is 8.03. The minimum Gasteiger partial charge on any atom is -0.356 e. The van der Waals surface area contributed by atoms with Crippen molar-refractivity contribution in [2.75, 3.05) is 13.6 Å². The molecule has 1 aliphatic rings. The van der Waals surface area contributed by atoms with Gasteiger partial charge in [-0.05, 0) is 30.0 Å². The van der Waals surface area contributed by atoms with E-state index in [9.17, 15) is 0 Å². The Morgan fingerprint density at radius 3 is 2.50 bits per heavy atom. The quantitative estimate of drug-likeness (QED) is 0.315. The Morgan fingerprint density at radius 1 is 1.07 bits per heavy atom. The third kappa shape index (κ3) is 4.55. The molecule has 1 fully saturated rings. The highest BCUT2D eigenvalue weighted by atomic mass is 127. The molecule has 0 spiro atoms. The van der Waals surface area contributed by atoms with Gasteiger partial charge in [-0.3, -0.25) is 4.99 Å². The average molecular weight is 487 g/mol. The second-order valence-corrected chi connectivity index (χ2v) is 7.02. The van der Waals surface area contributed by atoms with Gasteiger partial charge in [0.15, 0.2) is 5.96 Å². The van der Waals surface area contributed by atoms with Gasteiger partial charge in [-0.25, -0.2) is 4.98 Å². The maximum absolute atomic E-state index is 4.40. The molecule has 1 saturated carbocycles. The van der Waals surface area contributed by atoms with E-state index in [1.807, 2.05) is 30.2 Å². The molecule has 4 rings (SSSR count). The van der Waals surface area contributed by atoms with E-state index in [4.69, 9.17) is 0 Å². The van der Waals surface area contributed by atoms with E-state index in [1.165, 1.54) is 24.0 Å². The van der Waals surface area contributed by atoms with Crippen LogP contribution in [-0.4, -0.2) is 29.1 Å². The summed E-state index contributed by atoms with van der Waals surface area (Å²) in [4.78, 5) is 8.55. The van der Waals surface area contributed by atoms with E-state index in [2.05, 4.69) is 69.1 Å². The zero-order chi connectivity index (χ0) is 18.5. The SMILES string of the molecule is CN=C(NCc1ccccc1-n1ccnc1)NCC1(c2ccccc2)CC1.I. The Bertz CT molecular complexity index is 902. The van der Waals surface area contributed by atoms with Crippen LogP contribution in [-0.2, 0) is 12.0 Å². The molecule has 3 aromatic rings. The Balaban J connectivity index is 0.00000225. The third-order valence-corrected chi connectivity index (χ3v) is 5.28. The first-order valence-electron chi connectivity index (χ1n) is 9.37. The van der Waals surface area contributed by atoms with Crippen molar-refractivity contribution in [1.29, 1.82) is 0 Å². The van der Waals surface area contributed by atoms with Crippen LogP contribution < -0.4 is 10.6 Å². The van der Waals surface area contributed by atoms with Gasteiger partial charge in [0.2, 0.25) is 0 Å². The molecule has 1 aromatic heterocycles. The van der Waals surface area contributed by atoms with Gasteiger partial charge in [0.05, 0.1) is 12.0 Å². The van der Waals surface area contributed by atoms with Crippen LogP contribution in [0.5, 0.6) is 0 Å². The van der Waals surface area contributed by atoms with E-state index in [0.717, 1.165) is 18.2 Å². The number of hydrogen-bond acceptors (Lipinski definition) is 2. The first-order valence-corrected chi connectivity index (χ1v) is 9.37. The molecule has 146 valence electrons. The largest absolute Gasteiger partial charge is 0.356 e. The number of nitrogens with one attached hydrogen (secondary N) is 2. The van der Waals surface area contributed by atoms with Crippen LogP contribution in [0.2, 0.25) is 0 Å². The van der Waals surface area contributed by atoms with Crippen LogP contribution in [0.1, 0.15) is 24.0 Å². The molecule has 28 heavy (non-hydrogen) atoms. The van der Waals surface area contributed by atoms with E-state index in [-0.39, 0.29) is 29.4 Å². The standard InChI is InChI=1S/C22H25N5.HI/c1-23-21(26-16-22(11-12-22)19-8-3-2-4-9-19)25-15-18-7-5-6-10-20(18)27-14-13-24-17-27;/h2-10,13-14,17H,11-12,15-16H2,1H3,(H2,23,25,26);1H. The topological polar surface area (TPSA) is 54.2 Å². The molecule has 1 heterocycles. The molecule has 0 amide bonds. The molecular formula is C22H26IN5. The van der Waals surface area contributed by atoms with Crippen LogP contribution in [0, 0.1) is 0 Å². The molecule has 0 unspecified atom stereocenters. The molecule has 0 aliphatic heterocycles. The summed E-state index contributed by atoms with van der Waals surface area (Å²) >= 11 is 0. The van der Waals surface area contributed by atoms with Gasteiger partial charge in [-0.2, -0.15) is 0 Å². The number of nitrogens with zero attached hydrogens (tertiary/aromatic N) is 3. The normalized spacial score (nSPS) is 14.8. The highest BCUT2D eigenvalue weighted by molar-refractivity contribution is 14.0. The number of hydrogen-bond donors (Lipinski definition) is 2. The van der Waals surface area contributed by atoms with Crippen LogP contribution in [0.15, 0.2) is 78.3 Å². The molecule has 0 saturated heterocycles. The zero-order valence-corrected chi connectivity index (χ0v) is 18.3. The second-order valence-electron chi connectivity index (χ2n) is 7.02. The van der Waals surface area contributed by atoms with Gasteiger partial charge in [0.1, 0.15) is 0 Å². The van der Waals surface area contributed by atoms with Crippen molar-refractivity contribution in [2.45, 2.75) is 24.8 Å². The van der Waals surface area contributed by atoms with Crippen LogP contribution in [0.25, 0.3) is 5.69 Å². The fraction of sp³-hybridized carbons (Fsp3) is 0.273. The lowest BCUT2D eigenvalue weighted by molar-refractivity contribution is 0.645. The number of guanidine groups is 1. The lowest BCUT2D eigenvalue weighted by Gasteiger charge is -2.19. The molecule has 2 aromatic carbocycles. The van der Waals surface area contributed by atoms with Gasteiger partial charge in [-0.1, -0.05) is 48.5 Å². The van der Waals surface area contributed by atoms with E-state index in [1.54, 1.807) is 6.20 Å². The summed E-state index contributed by atoms with van der Waals surface area (Å²) in [5.41, 5.74) is 4.00. The first-order chi connectivity index (χ1) is 13.3. The summed E-state index contributed by atoms with van der Waals surface area (Å²) < 4.78 is 2.03. The number of aliphatic imine (C=N–C) groups is 1. The van der Waals surface area contributed by atoms with E-state index >= 15 is 0 Å². The van der Waals surface area contributed by atoms with Crippen molar-refractivity contribution in [3.05, 3.63) is 84.4 Å². The van der Waals surface area contributed by atoms with Crippen molar-refractivity contribution >= 4 is 29.9 Å². The van der Waals surface area contributed by atoms with Crippen LogP contribution in [0.4, 0.5) is 0 Å². The van der Waals surface area contributed by atoms with Crippen molar-refractivity contribution in [1.82, 2.24) is 20.2 Å². The second kappa shape index (κ2) is 9.23. The average Bonchev–Trinajstić information content (AvgIpc) is 3.32. The van der Waals surface area contributed by atoms with Crippen LogP contribution >= 0.6 is 24.0 Å². The summed E-state index contributed by atoms with van der Waals surface area (Å²) in [7, 11) is 1.82. The van der Waals surface area contributed by atoms with Gasteiger partial charge in [0, 0.05) is 37.9 Å². The number of rotatable bonds is 6. The Kier molecular flexibility index (Phi) is 6.72. The molecule has 0 atom stereocenters. The fourth-order valence-electron chi connectivity index (χ4n) is 3.48. The molecule has 0 radical (unpaired) electrons. The molecule has 2 N–H and O–H groups in total. The lowest BCUT2D eigenvalue weighted by atomic mass is 9.96. The van der Waals surface area contributed by atoms with Crippen molar-refractivity contribution < 1.29 is 0 Å². The van der Waals surface area contributed by atoms with Crippen LogP contribution in [0.3, 0.4) is 0 Å². The maximum Gasteiger partial charge on any atom is 0.191 e. The third-order valence-electron chi connectivity index (χ3n) is 5.28. The maximum atomic E-state index is 4.40. The minimum absolute atomic E-state index is 0. The first kappa shape index (κ1) is 20.4. The highest BCUT2D eigenvalue weighted by Crippen LogP contribution is 2.47.